The van der Waals surface area contributed by atoms with Gasteiger partial charge >= 0.3 is 11.5 Å². The van der Waals surface area contributed by atoms with Crippen LogP contribution in [0.3, 0.4) is 0 Å². The molecule has 1 unspecified atom stereocenters. The van der Waals surface area contributed by atoms with E-state index in [1.54, 1.807) is 0 Å². The van der Waals surface area contributed by atoms with Gasteiger partial charge in [0, 0.05) is 0 Å². The molecule has 0 N–H and O–H groups in total. The van der Waals surface area contributed by atoms with Crippen molar-refractivity contribution in [3.05, 3.63) is 45.9 Å². The number of nitrogens with zero attached hydrogens (tertiary/aromatic N) is 3. The summed E-state index contributed by atoms with van der Waals surface area (Å²) in [6.07, 6.45) is 11.0. The van der Waals surface area contributed by atoms with Crippen LogP contribution in [0.4, 0.5) is 5.95 Å². The minimum Gasteiger partial charge on any atom is -0.250 e. The van der Waals surface area contributed by atoms with Gasteiger partial charge in [0.25, 0.3) is 0 Å². The molecule has 3 rings (SSSR count). The molecule has 4 nitrogen and oxygen atoms in total. The molecule has 0 radical (unpaired) electrons. The summed E-state index contributed by atoms with van der Waals surface area (Å²) in [7, 11) is 0. The summed E-state index contributed by atoms with van der Waals surface area (Å²) in [5.41, 5.74) is 3.12. The van der Waals surface area contributed by atoms with Gasteiger partial charge in [0.2, 0.25) is 0 Å². The van der Waals surface area contributed by atoms with E-state index in [9.17, 15) is 4.79 Å². The first-order valence-corrected chi connectivity index (χ1v) is 8.65. The summed E-state index contributed by atoms with van der Waals surface area (Å²) in [5.74, 6) is 1.43. The summed E-state index contributed by atoms with van der Waals surface area (Å²) in [4.78, 5) is 17.8. The molecule has 0 bridgehead atoms. The SMILES string of the molecule is CCCc1c(C)[n+](CCC(C)C)c2n(c1=O)C1C=CC=CC1=N2. The van der Waals surface area contributed by atoms with E-state index in [1.807, 2.05) is 22.8 Å². The van der Waals surface area contributed by atoms with E-state index in [1.165, 1.54) is 0 Å². The molecule has 0 saturated heterocycles. The Morgan fingerprint density at radius 2 is 2.13 bits per heavy atom. The van der Waals surface area contributed by atoms with Crippen molar-refractivity contribution in [1.82, 2.24) is 4.57 Å². The summed E-state index contributed by atoms with van der Waals surface area (Å²) in [6.45, 7) is 9.57. The Bertz CT molecular complexity index is 766. The first kappa shape index (κ1) is 15.9. The molecule has 4 heteroatoms. The second-order valence-electron chi connectivity index (χ2n) is 6.85. The Morgan fingerprint density at radius 3 is 2.83 bits per heavy atom. The predicted octanol–water partition coefficient (Wildman–Crippen LogP) is 3.20. The predicted molar refractivity (Wildman–Crippen MR) is 93.5 cm³/mol. The molecule has 23 heavy (non-hydrogen) atoms. The van der Waals surface area contributed by atoms with Crippen molar-refractivity contribution in [3.8, 4) is 0 Å². The quantitative estimate of drug-likeness (QED) is 0.769. The molecule has 1 aromatic rings. The van der Waals surface area contributed by atoms with Crippen LogP contribution >= 0.6 is 0 Å². The lowest BCUT2D eigenvalue weighted by atomic mass is 10.1. The number of hydrogen-bond acceptors (Lipinski definition) is 2. The van der Waals surface area contributed by atoms with Gasteiger partial charge in [-0.1, -0.05) is 44.3 Å². The Labute approximate surface area is 137 Å². The lowest BCUT2D eigenvalue weighted by Gasteiger charge is -2.15. The third-order valence-electron chi connectivity index (χ3n) is 4.69. The normalized spacial score (nSPS) is 18.3. The number of rotatable bonds is 5. The second kappa shape index (κ2) is 6.26. The van der Waals surface area contributed by atoms with Crippen molar-refractivity contribution >= 4 is 11.7 Å². The van der Waals surface area contributed by atoms with Crippen LogP contribution in [0.15, 0.2) is 34.1 Å². The zero-order chi connectivity index (χ0) is 16.6. The van der Waals surface area contributed by atoms with Gasteiger partial charge in [-0.3, -0.25) is 4.79 Å². The van der Waals surface area contributed by atoms with Gasteiger partial charge in [0.1, 0.15) is 0 Å². The zero-order valence-corrected chi connectivity index (χ0v) is 14.5. The summed E-state index contributed by atoms with van der Waals surface area (Å²) < 4.78 is 4.13. The molecule has 0 saturated carbocycles. The number of aromatic nitrogens is 2. The number of hydrogen-bond donors (Lipinski definition) is 0. The Balaban J connectivity index is 2.19. The highest BCUT2D eigenvalue weighted by molar-refractivity contribution is 6.03. The monoisotopic (exact) mass is 312 g/mol. The summed E-state index contributed by atoms with van der Waals surface area (Å²) >= 11 is 0. The molecule has 1 aliphatic carbocycles. The van der Waals surface area contributed by atoms with Crippen LogP contribution in [0.1, 0.15) is 50.9 Å². The standard InChI is InChI=1S/C19H26N3O/c1-5-8-15-14(4)21(12-11-13(2)3)19-20-16-9-6-7-10-17(16)22(19)18(15)23/h6-7,9-10,13,17H,5,8,11-12H2,1-4H3/q+1. The topological polar surface area (TPSA) is 38.2 Å². The lowest BCUT2D eigenvalue weighted by molar-refractivity contribution is -0.695. The maximum absolute atomic E-state index is 13.0. The fraction of sp³-hybridized carbons (Fsp3) is 0.526. The van der Waals surface area contributed by atoms with E-state index < -0.39 is 0 Å². The van der Waals surface area contributed by atoms with Crippen molar-refractivity contribution < 1.29 is 4.57 Å². The molecule has 1 aromatic heterocycles. The third-order valence-corrected chi connectivity index (χ3v) is 4.69. The van der Waals surface area contributed by atoms with Crippen LogP contribution in [-0.2, 0) is 13.0 Å². The fourth-order valence-electron chi connectivity index (χ4n) is 3.35. The Kier molecular flexibility index (Phi) is 4.33. The average Bonchev–Trinajstić information content (AvgIpc) is 2.90. The minimum absolute atomic E-state index is 0.0380. The first-order valence-electron chi connectivity index (χ1n) is 8.65. The molecule has 1 atom stereocenters. The van der Waals surface area contributed by atoms with Crippen molar-refractivity contribution in [1.29, 1.82) is 0 Å². The van der Waals surface area contributed by atoms with Gasteiger partial charge in [0.05, 0.1) is 17.8 Å². The van der Waals surface area contributed by atoms with Gasteiger partial charge in [-0.25, -0.2) is 4.57 Å². The number of fused-ring (bicyclic) bond motifs is 3. The van der Waals surface area contributed by atoms with Crippen molar-refractivity contribution in [2.45, 2.75) is 59.5 Å². The van der Waals surface area contributed by atoms with Gasteiger partial charge in [-0.2, -0.15) is 4.57 Å². The van der Waals surface area contributed by atoms with E-state index in [2.05, 4.69) is 38.3 Å². The molecule has 1 aliphatic heterocycles. The maximum atomic E-state index is 13.0. The molecule has 122 valence electrons. The molecule has 0 spiro atoms. The zero-order valence-electron chi connectivity index (χ0n) is 14.5. The highest BCUT2D eigenvalue weighted by atomic mass is 16.1. The third kappa shape index (κ3) is 2.71. The van der Waals surface area contributed by atoms with Gasteiger partial charge in [0.15, 0.2) is 11.8 Å². The number of allylic oxidation sites excluding steroid dienone is 4. The molecule has 0 fully saturated rings. The van der Waals surface area contributed by atoms with Crippen molar-refractivity contribution in [2.24, 2.45) is 10.9 Å². The van der Waals surface area contributed by atoms with Crippen molar-refractivity contribution in [3.63, 3.8) is 0 Å². The van der Waals surface area contributed by atoms with Crippen LogP contribution in [0.25, 0.3) is 0 Å². The molecular weight excluding hydrogens is 286 g/mol. The van der Waals surface area contributed by atoms with Crippen LogP contribution in [-0.4, -0.2) is 10.3 Å². The minimum atomic E-state index is -0.0380. The van der Waals surface area contributed by atoms with Gasteiger partial charge < -0.3 is 0 Å². The van der Waals surface area contributed by atoms with Crippen molar-refractivity contribution in [2.75, 3.05) is 0 Å². The van der Waals surface area contributed by atoms with E-state index in [-0.39, 0.29) is 11.6 Å². The maximum Gasteiger partial charge on any atom is 0.402 e. The van der Waals surface area contributed by atoms with E-state index in [0.29, 0.717) is 5.92 Å². The van der Waals surface area contributed by atoms with E-state index >= 15 is 0 Å². The highest BCUT2D eigenvalue weighted by Gasteiger charge is 2.38. The van der Waals surface area contributed by atoms with Crippen LogP contribution in [0, 0.1) is 12.8 Å². The largest absolute Gasteiger partial charge is 0.402 e. The highest BCUT2D eigenvalue weighted by Crippen LogP contribution is 2.28. The Hall–Kier alpha value is -1.97. The summed E-state index contributed by atoms with van der Waals surface area (Å²) in [5, 5.41) is 0. The lowest BCUT2D eigenvalue weighted by Crippen LogP contribution is -2.46. The summed E-state index contributed by atoms with van der Waals surface area (Å²) in [6, 6.07) is -0.0380. The van der Waals surface area contributed by atoms with E-state index in [4.69, 9.17) is 4.99 Å². The van der Waals surface area contributed by atoms with Gasteiger partial charge in [-0.15, -0.1) is 0 Å². The average molecular weight is 312 g/mol. The van der Waals surface area contributed by atoms with Crippen LogP contribution < -0.4 is 10.1 Å². The fourth-order valence-corrected chi connectivity index (χ4v) is 3.35. The molecule has 2 heterocycles. The van der Waals surface area contributed by atoms with Crippen LogP contribution in [0.5, 0.6) is 0 Å². The van der Waals surface area contributed by atoms with E-state index in [0.717, 1.165) is 48.7 Å². The smallest absolute Gasteiger partial charge is 0.250 e. The number of aliphatic imine (C=N–C) groups is 1. The molecule has 0 amide bonds. The molecular formula is C19H26N3O+. The van der Waals surface area contributed by atoms with Gasteiger partial charge in [-0.05, 0) is 37.8 Å². The Morgan fingerprint density at radius 1 is 1.35 bits per heavy atom. The van der Waals surface area contributed by atoms with Crippen LogP contribution in [0.2, 0.25) is 0 Å². The first-order chi connectivity index (χ1) is 11.0. The molecule has 0 aromatic carbocycles. The molecule has 2 aliphatic rings. The second-order valence-corrected chi connectivity index (χ2v) is 6.85.